The molecule has 0 bridgehead atoms. The summed E-state index contributed by atoms with van der Waals surface area (Å²) in [5, 5.41) is 2.92. The zero-order valence-corrected chi connectivity index (χ0v) is 13.5. The highest BCUT2D eigenvalue weighted by Gasteiger charge is 2.18. The van der Waals surface area contributed by atoms with Crippen molar-refractivity contribution in [3.8, 4) is 0 Å². The van der Waals surface area contributed by atoms with Crippen molar-refractivity contribution in [2.75, 3.05) is 24.3 Å². The van der Waals surface area contributed by atoms with Gasteiger partial charge in [0.2, 0.25) is 0 Å². The lowest BCUT2D eigenvalue weighted by molar-refractivity contribution is -0.112. The molecule has 0 atom stereocenters. The summed E-state index contributed by atoms with van der Waals surface area (Å²) in [6.45, 7) is 1.86. The average molecular weight is 305 g/mol. The van der Waals surface area contributed by atoms with Gasteiger partial charge in [-0.3, -0.25) is 9.79 Å². The van der Waals surface area contributed by atoms with Crippen molar-refractivity contribution in [3.05, 3.63) is 59.7 Å². The molecular formula is C19H19N3O. The van der Waals surface area contributed by atoms with Crippen molar-refractivity contribution >= 4 is 34.8 Å². The molecule has 0 unspecified atom stereocenters. The summed E-state index contributed by atoms with van der Waals surface area (Å²) in [5.74, 6) is -0.132. The number of aliphatic imine (C=N–C) groups is 1. The van der Waals surface area contributed by atoms with Gasteiger partial charge in [0.15, 0.2) is 0 Å². The number of nitrogens with zero attached hydrogens (tertiary/aromatic N) is 2. The van der Waals surface area contributed by atoms with Gasteiger partial charge in [0.05, 0.1) is 22.7 Å². The van der Waals surface area contributed by atoms with E-state index in [1.165, 1.54) is 0 Å². The maximum atomic E-state index is 12.5. The molecular weight excluding hydrogens is 286 g/mol. The van der Waals surface area contributed by atoms with Crippen LogP contribution in [0.1, 0.15) is 12.5 Å². The zero-order valence-electron chi connectivity index (χ0n) is 13.5. The first-order valence-electron chi connectivity index (χ1n) is 7.50. The van der Waals surface area contributed by atoms with Crippen LogP contribution in [-0.4, -0.2) is 25.7 Å². The average Bonchev–Trinajstić information content (AvgIpc) is 2.65. The van der Waals surface area contributed by atoms with E-state index >= 15 is 0 Å². The lowest BCUT2D eigenvalue weighted by atomic mass is 10.1. The molecule has 0 saturated carbocycles. The Kier molecular flexibility index (Phi) is 3.98. The fraction of sp³-hybridized carbons (Fsp3) is 0.158. The van der Waals surface area contributed by atoms with Crippen LogP contribution in [0, 0.1) is 0 Å². The van der Waals surface area contributed by atoms with Gasteiger partial charge in [-0.2, -0.15) is 0 Å². The highest BCUT2D eigenvalue weighted by atomic mass is 16.1. The van der Waals surface area contributed by atoms with Crippen molar-refractivity contribution in [2.45, 2.75) is 6.92 Å². The number of benzene rings is 2. The van der Waals surface area contributed by atoms with Crippen LogP contribution in [0.2, 0.25) is 0 Å². The highest BCUT2D eigenvalue weighted by Crippen LogP contribution is 2.29. The first-order chi connectivity index (χ1) is 11.0. The third-order valence-electron chi connectivity index (χ3n) is 3.80. The largest absolute Gasteiger partial charge is 0.378 e. The van der Waals surface area contributed by atoms with E-state index in [0.717, 1.165) is 22.6 Å². The number of fused-ring (bicyclic) bond motifs is 1. The van der Waals surface area contributed by atoms with E-state index in [1.807, 2.05) is 80.5 Å². The zero-order chi connectivity index (χ0) is 16.4. The molecule has 0 aliphatic carbocycles. The van der Waals surface area contributed by atoms with E-state index in [4.69, 9.17) is 0 Å². The monoisotopic (exact) mass is 305 g/mol. The molecule has 23 heavy (non-hydrogen) atoms. The van der Waals surface area contributed by atoms with Gasteiger partial charge in [-0.1, -0.05) is 24.3 Å². The minimum absolute atomic E-state index is 0.132. The van der Waals surface area contributed by atoms with E-state index in [-0.39, 0.29) is 5.91 Å². The summed E-state index contributed by atoms with van der Waals surface area (Å²) in [7, 11) is 4.00. The van der Waals surface area contributed by atoms with Gasteiger partial charge in [0.1, 0.15) is 0 Å². The number of rotatable bonds is 2. The Hall–Kier alpha value is -2.88. The predicted octanol–water partition coefficient (Wildman–Crippen LogP) is 3.88. The summed E-state index contributed by atoms with van der Waals surface area (Å²) in [6.07, 6.45) is 1.87. The summed E-state index contributed by atoms with van der Waals surface area (Å²) in [4.78, 5) is 19.1. The molecule has 2 aromatic rings. The molecule has 4 heteroatoms. The maximum Gasteiger partial charge on any atom is 0.257 e. The molecule has 1 heterocycles. The number of para-hydroxylation sites is 2. The molecule has 1 aliphatic rings. The first kappa shape index (κ1) is 15.0. The number of anilines is 2. The lowest BCUT2D eigenvalue weighted by Crippen LogP contribution is -2.17. The second-order valence-electron chi connectivity index (χ2n) is 5.71. The van der Waals surface area contributed by atoms with Gasteiger partial charge < -0.3 is 10.2 Å². The molecule has 2 aromatic carbocycles. The number of hydrogen-bond acceptors (Lipinski definition) is 3. The smallest absolute Gasteiger partial charge is 0.257 e. The van der Waals surface area contributed by atoms with Crippen LogP contribution in [-0.2, 0) is 4.79 Å². The first-order valence-corrected chi connectivity index (χ1v) is 7.50. The van der Waals surface area contributed by atoms with Crippen LogP contribution < -0.4 is 10.2 Å². The Labute approximate surface area is 136 Å². The number of carbonyl (C=O) groups excluding carboxylic acids is 1. The molecule has 4 nitrogen and oxygen atoms in total. The Balaban J connectivity index is 1.98. The highest BCUT2D eigenvalue weighted by molar-refractivity contribution is 6.29. The molecule has 0 radical (unpaired) electrons. The predicted molar refractivity (Wildman–Crippen MR) is 96.6 cm³/mol. The maximum absolute atomic E-state index is 12.5. The van der Waals surface area contributed by atoms with Gasteiger partial charge in [0.25, 0.3) is 5.91 Å². The topological polar surface area (TPSA) is 44.7 Å². The molecule has 0 aromatic heterocycles. The second-order valence-corrected chi connectivity index (χ2v) is 5.71. The van der Waals surface area contributed by atoms with E-state index in [9.17, 15) is 4.79 Å². The van der Waals surface area contributed by atoms with Crippen LogP contribution >= 0.6 is 0 Å². The fourth-order valence-electron chi connectivity index (χ4n) is 2.48. The number of amides is 1. The summed E-state index contributed by atoms with van der Waals surface area (Å²) < 4.78 is 0. The third-order valence-corrected chi connectivity index (χ3v) is 3.80. The SMILES string of the molecule is CC1=Nc2ccccc2NC(=O)/C1=C\c1ccc(N(C)C)cc1. The van der Waals surface area contributed by atoms with E-state index in [0.29, 0.717) is 11.3 Å². The molecule has 1 amide bonds. The molecule has 3 rings (SSSR count). The third kappa shape index (κ3) is 3.16. The normalized spacial score (nSPS) is 15.5. The standard InChI is InChI=1S/C19H19N3O/c1-13-16(12-14-8-10-15(11-9-14)22(2)3)19(23)21-18-7-5-4-6-17(18)20-13/h4-12H,1-3H3,(H,21,23)/b16-12-. The minimum Gasteiger partial charge on any atom is -0.378 e. The van der Waals surface area contributed by atoms with Gasteiger partial charge in [0, 0.05) is 19.8 Å². The van der Waals surface area contributed by atoms with Crippen molar-refractivity contribution in [2.24, 2.45) is 4.99 Å². The van der Waals surface area contributed by atoms with Crippen LogP contribution in [0.4, 0.5) is 17.1 Å². The molecule has 1 N–H and O–H groups in total. The van der Waals surface area contributed by atoms with Crippen LogP contribution in [0.5, 0.6) is 0 Å². The second kappa shape index (κ2) is 6.08. The van der Waals surface area contributed by atoms with Crippen molar-refractivity contribution in [1.29, 1.82) is 0 Å². The summed E-state index contributed by atoms with van der Waals surface area (Å²) >= 11 is 0. The fourth-order valence-corrected chi connectivity index (χ4v) is 2.48. The van der Waals surface area contributed by atoms with Crippen molar-refractivity contribution in [3.63, 3.8) is 0 Å². The number of hydrogen-bond donors (Lipinski definition) is 1. The van der Waals surface area contributed by atoms with Crippen LogP contribution in [0.3, 0.4) is 0 Å². The number of nitrogens with one attached hydrogen (secondary N) is 1. The molecule has 116 valence electrons. The van der Waals surface area contributed by atoms with Gasteiger partial charge in [-0.15, -0.1) is 0 Å². The van der Waals surface area contributed by atoms with Crippen LogP contribution in [0.25, 0.3) is 6.08 Å². The Morgan fingerprint density at radius 2 is 1.74 bits per heavy atom. The summed E-state index contributed by atoms with van der Waals surface area (Å²) in [6, 6.07) is 15.6. The van der Waals surface area contributed by atoms with E-state index in [1.54, 1.807) is 0 Å². The van der Waals surface area contributed by atoms with E-state index in [2.05, 4.69) is 10.3 Å². The Morgan fingerprint density at radius 1 is 1.04 bits per heavy atom. The molecule has 1 aliphatic heterocycles. The quantitative estimate of drug-likeness (QED) is 0.856. The van der Waals surface area contributed by atoms with Crippen molar-refractivity contribution < 1.29 is 4.79 Å². The van der Waals surface area contributed by atoms with Gasteiger partial charge in [-0.05, 0) is 42.8 Å². The summed E-state index contributed by atoms with van der Waals surface area (Å²) in [5.41, 5.74) is 4.91. The van der Waals surface area contributed by atoms with Crippen molar-refractivity contribution in [1.82, 2.24) is 0 Å². The van der Waals surface area contributed by atoms with Gasteiger partial charge in [-0.25, -0.2) is 0 Å². The lowest BCUT2D eigenvalue weighted by Gasteiger charge is -2.12. The van der Waals surface area contributed by atoms with E-state index < -0.39 is 0 Å². The molecule has 0 fully saturated rings. The molecule has 0 spiro atoms. The number of carbonyl (C=O) groups is 1. The van der Waals surface area contributed by atoms with Crippen LogP contribution in [0.15, 0.2) is 59.1 Å². The Bertz CT molecular complexity index is 802. The Morgan fingerprint density at radius 3 is 2.43 bits per heavy atom. The molecule has 0 saturated heterocycles. The minimum atomic E-state index is -0.132. The van der Waals surface area contributed by atoms with Gasteiger partial charge >= 0.3 is 0 Å².